The van der Waals surface area contributed by atoms with Gasteiger partial charge in [0.2, 0.25) is 5.91 Å². The van der Waals surface area contributed by atoms with Crippen LogP contribution in [0.1, 0.15) is 38.7 Å². The Kier molecular flexibility index (Phi) is 6.29. The second-order valence-electron chi connectivity index (χ2n) is 5.83. The molecule has 0 radical (unpaired) electrons. The first-order chi connectivity index (χ1) is 11.0. The molecule has 0 spiro atoms. The molecule has 124 valence electrons. The Hall–Kier alpha value is -2.21. The molecule has 0 unspecified atom stereocenters. The van der Waals surface area contributed by atoms with Gasteiger partial charge in [0.05, 0.1) is 12.3 Å². The molecule has 2 rings (SSSR count). The maximum Gasteiger partial charge on any atom is 0.254 e. The molecule has 6 nitrogen and oxygen atoms in total. The number of likely N-dealkylation sites (tertiary alicyclic amines) is 1. The number of piperidine rings is 1. The average Bonchev–Trinajstić information content (AvgIpc) is 2.54. The lowest BCUT2D eigenvalue weighted by Crippen LogP contribution is -2.38. The second-order valence-corrected chi connectivity index (χ2v) is 5.83. The van der Waals surface area contributed by atoms with Crippen molar-refractivity contribution < 1.29 is 9.59 Å². The summed E-state index contributed by atoms with van der Waals surface area (Å²) in [5.41, 5.74) is 4.98. The van der Waals surface area contributed by atoms with Crippen molar-refractivity contribution in [3.8, 4) is 0 Å². The van der Waals surface area contributed by atoms with E-state index in [-0.39, 0.29) is 11.8 Å². The van der Waals surface area contributed by atoms with Gasteiger partial charge >= 0.3 is 0 Å². The van der Waals surface area contributed by atoms with Crippen LogP contribution < -0.4 is 10.7 Å². The summed E-state index contributed by atoms with van der Waals surface area (Å²) in [6.45, 7) is 5.69. The third kappa shape index (κ3) is 5.83. The molecule has 0 aromatic heterocycles. The highest BCUT2D eigenvalue weighted by atomic mass is 16.2. The van der Waals surface area contributed by atoms with Gasteiger partial charge in [0.15, 0.2) is 0 Å². The van der Waals surface area contributed by atoms with Gasteiger partial charge in [0.25, 0.3) is 5.91 Å². The number of carbonyl (C=O) groups is 2. The van der Waals surface area contributed by atoms with Gasteiger partial charge in [-0.25, -0.2) is 5.43 Å². The number of hydrogen-bond acceptors (Lipinski definition) is 4. The molecule has 23 heavy (non-hydrogen) atoms. The molecular weight excluding hydrogens is 292 g/mol. The zero-order valence-corrected chi connectivity index (χ0v) is 13.8. The molecule has 1 aromatic rings. The smallest absolute Gasteiger partial charge is 0.254 e. The quantitative estimate of drug-likeness (QED) is 0.644. The molecule has 1 heterocycles. The summed E-state index contributed by atoms with van der Waals surface area (Å²) >= 11 is 0. The van der Waals surface area contributed by atoms with Gasteiger partial charge in [-0.3, -0.25) is 14.5 Å². The summed E-state index contributed by atoms with van der Waals surface area (Å²) in [6, 6.07) is 7.35. The summed E-state index contributed by atoms with van der Waals surface area (Å²) in [7, 11) is 0. The fraction of sp³-hybridized carbons (Fsp3) is 0.471. The molecule has 0 bridgehead atoms. The fourth-order valence-corrected chi connectivity index (χ4v) is 2.56. The maximum atomic E-state index is 11.9. The van der Waals surface area contributed by atoms with Crippen LogP contribution in [-0.4, -0.2) is 42.1 Å². The van der Waals surface area contributed by atoms with E-state index in [9.17, 15) is 9.59 Å². The van der Waals surface area contributed by atoms with Crippen LogP contribution in [0, 0.1) is 0 Å². The average molecular weight is 316 g/mol. The van der Waals surface area contributed by atoms with Crippen LogP contribution in [0.4, 0.5) is 5.69 Å². The maximum absolute atomic E-state index is 11.9. The number of anilines is 1. The molecule has 2 N–H and O–H groups in total. The first kappa shape index (κ1) is 17.1. The zero-order valence-electron chi connectivity index (χ0n) is 13.8. The highest BCUT2D eigenvalue weighted by molar-refractivity contribution is 6.00. The van der Waals surface area contributed by atoms with Gasteiger partial charge in [0, 0.05) is 12.6 Å². The van der Waals surface area contributed by atoms with Crippen LogP contribution in [0.2, 0.25) is 0 Å². The molecule has 1 fully saturated rings. The minimum absolute atomic E-state index is 0.0823. The Morgan fingerprint density at radius 1 is 1.09 bits per heavy atom. The van der Waals surface area contributed by atoms with Crippen LogP contribution in [-0.2, 0) is 9.59 Å². The topological polar surface area (TPSA) is 73.8 Å². The van der Waals surface area contributed by atoms with Gasteiger partial charge in [0.1, 0.15) is 0 Å². The number of nitrogens with one attached hydrogen (secondary N) is 2. The van der Waals surface area contributed by atoms with Crippen molar-refractivity contribution in [3.63, 3.8) is 0 Å². The normalized spacial score (nSPS) is 16.0. The first-order valence-corrected chi connectivity index (χ1v) is 7.98. The number of carbonyl (C=O) groups excluding carboxylic acids is 2. The Labute approximate surface area is 136 Å². The number of amides is 2. The van der Waals surface area contributed by atoms with E-state index in [0.29, 0.717) is 6.54 Å². The van der Waals surface area contributed by atoms with Crippen molar-refractivity contribution in [2.24, 2.45) is 5.10 Å². The van der Waals surface area contributed by atoms with Gasteiger partial charge in [-0.15, -0.1) is 0 Å². The largest absolute Gasteiger partial charge is 0.326 e. The van der Waals surface area contributed by atoms with Crippen LogP contribution >= 0.6 is 0 Å². The van der Waals surface area contributed by atoms with Crippen molar-refractivity contribution in [3.05, 3.63) is 29.8 Å². The Morgan fingerprint density at radius 2 is 1.74 bits per heavy atom. The van der Waals surface area contributed by atoms with E-state index in [1.165, 1.54) is 13.3 Å². The first-order valence-electron chi connectivity index (χ1n) is 7.98. The summed E-state index contributed by atoms with van der Waals surface area (Å²) in [6.07, 6.45) is 3.58. The Bertz CT molecular complexity index is 575. The lowest BCUT2D eigenvalue weighted by atomic mass is 10.1. The molecule has 2 amide bonds. The number of hydrogen-bond donors (Lipinski definition) is 2. The van der Waals surface area contributed by atoms with Gasteiger partial charge in [-0.1, -0.05) is 18.6 Å². The van der Waals surface area contributed by atoms with E-state index in [2.05, 4.69) is 20.7 Å². The molecular formula is C17H24N4O2. The van der Waals surface area contributed by atoms with Gasteiger partial charge in [-0.2, -0.15) is 5.10 Å². The van der Waals surface area contributed by atoms with Crippen LogP contribution in [0.25, 0.3) is 0 Å². The van der Waals surface area contributed by atoms with Crippen LogP contribution in [0.3, 0.4) is 0 Å². The molecule has 0 aliphatic carbocycles. The number of hydrazone groups is 1. The summed E-state index contributed by atoms with van der Waals surface area (Å²) in [5, 5.41) is 6.87. The summed E-state index contributed by atoms with van der Waals surface area (Å²) in [4.78, 5) is 25.1. The zero-order chi connectivity index (χ0) is 16.7. The standard InChI is InChI=1S/C17H24N4O2/c1-13(15-6-8-16(9-7-15)18-14(2)22)19-20-17(23)12-21-10-4-3-5-11-21/h6-9H,3-5,10-12H2,1-2H3,(H,18,22)(H,20,23)/b19-13+. The Balaban J connectivity index is 1.86. The minimum atomic E-state index is -0.104. The van der Waals surface area contributed by atoms with Gasteiger partial charge in [-0.05, 0) is 50.6 Å². The predicted octanol–water partition coefficient (Wildman–Crippen LogP) is 1.97. The molecule has 1 aliphatic heterocycles. The van der Waals surface area contributed by atoms with Crippen molar-refractivity contribution >= 4 is 23.2 Å². The molecule has 6 heteroatoms. The highest BCUT2D eigenvalue weighted by Crippen LogP contribution is 2.10. The third-order valence-electron chi connectivity index (χ3n) is 3.79. The predicted molar refractivity (Wildman–Crippen MR) is 91.4 cm³/mol. The van der Waals surface area contributed by atoms with Crippen molar-refractivity contribution in [2.45, 2.75) is 33.1 Å². The Morgan fingerprint density at radius 3 is 2.35 bits per heavy atom. The molecule has 1 saturated heterocycles. The van der Waals surface area contributed by atoms with Crippen molar-refractivity contribution in [1.82, 2.24) is 10.3 Å². The fourth-order valence-electron chi connectivity index (χ4n) is 2.56. The van der Waals surface area contributed by atoms with Crippen molar-refractivity contribution in [1.29, 1.82) is 0 Å². The van der Waals surface area contributed by atoms with Gasteiger partial charge < -0.3 is 5.32 Å². The van der Waals surface area contributed by atoms with E-state index in [1.807, 2.05) is 31.2 Å². The molecule has 0 atom stereocenters. The second kappa shape index (κ2) is 8.43. The molecule has 0 saturated carbocycles. The van der Waals surface area contributed by atoms with E-state index in [4.69, 9.17) is 0 Å². The summed E-state index contributed by atoms with van der Waals surface area (Å²) < 4.78 is 0. The number of nitrogens with zero attached hydrogens (tertiary/aromatic N) is 2. The highest BCUT2D eigenvalue weighted by Gasteiger charge is 2.13. The van der Waals surface area contributed by atoms with E-state index in [1.54, 1.807) is 0 Å². The lowest BCUT2D eigenvalue weighted by molar-refractivity contribution is -0.122. The minimum Gasteiger partial charge on any atom is -0.326 e. The number of benzene rings is 1. The van der Waals surface area contributed by atoms with Crippen LogP contribution in [0.15, 0.2) is 29.4 Å². The SMILES string of the molecule is CC(=O)Nc1ccc(/C(C)=N/NC(=O)CN2CCCCC2)cc1. The number of rotatable bonds is 5. The van der Waals surface area contributed by atoms with Crippen molar-refractivity contribution in [2.75, 3.05) is 25.0 Å². The molecule has 1 aliphatic rings. The van der Waals surface area contributed by atoms with E-state index >= 15 is 0 Å². The molecule has 1 aromatic carbocycles. The van der Waals surface area contributed by atoms with E-state index in [0.717, 1.165) is 42.9 Å². The van der Waals surface area contributed by atoms with Crippen LogP contribution in [0.5, 0.6) is 0 Å². The lowest BCUT2D eigenvalue weighted by Gasteiger charge is -2.25. The third-order valence-corrected chi connectivity index (χ3v) is 3.79. The summed E-state index contributed by atoms with van der Waals surface area (Å²) in [5.74, 6) is -0.186. The van der Waals surface area contributed by atoms with E-state index < -0.39 is 0 Å². The monoisotopic (exact) mass is 316 g/mol.